The number of benzene rings is 4. The molecule has 1 amide bonds. The normalized spacial score (nSPS) is 15.8. The number of amides is 1. The maximum Gasteiger partial charge on any atom is 0.339 e. The Morgan fingerprint density at radius 3 is 2.37 bits per heavy atom. The standard InChI is InChI=1S/C37H33ClN2O3/c1-37(2,3)26-20-25(19-23-15-17-27(38)18-16-23)35-30(21-26)34(29-12-6-7-13-32(29)40-35)36(42)43-22-33(41)39-31-14-8-10-24-9-4-5-11-28(24)31/h4-19,26H,20-22H2,1-3H3,(H,39,41)/b25-19-/t26-/m1/s1. The Kier molecular flexibility index (Phi) is 7.76. The SMILES string of the molecule is CC(C)(C)[C@@H]1C/C(=C/c2ccc(Cl)cc2)c2nc3ccccc3c(C(=O)OCC(=O)Nc3cccc4ccccc34)c2C1. The monoisotopic (exact) mass is 588 g/mol. The number of para-hydroxylation sites is 1. The van der Waals surface area contributed by atoms with Crippen molar-refractivity contribution in [1.29, 1.82) is 0 Å². The van der Waals surface area contributed by atoms with E-state index in [4.69, 9.17) is 21.3 Å². The number of hydrogen-bond acceptors (Lipinski definition) is 4. The number of anilines is 1. The first-order valence-corrected chi connectivity index (χ1v) is 14.9. The number of aromatic nitrogens is 1. The van der Waals surface area contributed by atoms with E-state index in [0.717, 1.165) is 45.0 Å². The van der Waals surface area contributed by atoms with Gasteiger partial charge in [-0.25, -0.2) is 9.78 Å². The molecular formula is C37H33ClN2O3. The third kappa shape index (κ3) is 6.04. The van der Waals surface area contributed by atoms with Crippen LogP contribution in [0, 0.1) is 11.3 Å². The molecule has 0 radical (unpaired) electrons. The molecule has 6 rings (SSSR count). The zero-order chi connectivity index (χ0) is 30.1. The number of carbonyl (C=O) groups is 2. The predicted molar refractivity (Wildman–Crippen MR) is 175 cm³/mol. The highest BCUT2D eigenvalue weighted by Crippen LogP contribution is 2.45. The van der Waals surface area contributed by atoms with E-state index in [2.05, 4.69) is 32.2 Å². The van der Waals surface area contributed by atoms with E-state index in [9.17, 15) is 9.59 Å². The van der Waals surface area contributed by atoms with Gasteiger partial charge < -0.3 is 10.1 Å². The Balaban J connectivity index is 1.36. The number of nitrogens with one attached hydrogen (secondary N) is 1. The number of allylic oxidation sites excluding steroid dienone is 1. The molecule has 1 aliphatic carbocycles. The number of hydrogen-bond donors (Lipinski definition) is 1. The molecule has 1 N–H and O–H groups in total. The smallest absolute Gasteiger partial charge is 0.339 e. The molecule has 1 aliphatic rings. The molecule has 0 unspecified atom stereocenters. The van der Waals surface area contributed by atoms with Gasteiger partial charge in [-0.2, -0.15) is 0 Å². The van der Waals surface area contributed by atoms with Crippen molar-refractivity contribution in [1.82, 2.24) is 4.98 Å². The topological polar surface area (TPSA) is 68.3 Å². The molecule has 5 aromatic rings. The van der Waals surface area contributed by atoms with Gasteiger partial charge in [-0.15, -0.1) is 0 Å². The lowest BCUT2D eigenvalue weighted by molar-refractivity contribution is -0.119. The summed E-state index contributed by atoms with van der Waals surface area (Å²) in [6.45, 7) is 6.29. The van der Waals surface area contributed by atoms with Gasteiger partial charge in [0, 0.05) is 21.5 Å². The molecule has 0 spiro atoms. The van der Waals surface area contributed by atoms with Crippen LogP contribution in [0.25, 0.3) is 33.3 Å². The average molecular weight is 589 g/mol. The molecule has 5 nitrogen and oxygen atoms in total. The van der Waals surface area contributed by atoms with E-state index in [1.54, 1.807) is 0 Å². The summed E-state index contributed by atoms with van der Waals surface area (Å²) in [4.78, 5) is 32.0. The molecule has 216 valence electrons. The van der Waals surface area contributed by atoms with Crippen LogP contribution >= 0.6 is 11.6 Å². The zero-order valence-corrected chi connectivity index (χ0v) is 25.2. The van der Waals surface area contributed by atoms with E-state index >= 15 is 0 Å². The van der Waals surface area contributed by atoms with Crippen LogP contribution in [0.1, 0.15) is 54.4 Å². The van der Waals surface area contributed by atoms with Gasteiger partial charge in [-0.1, -0.05) is 99.1 Å². The van der Waals surface area contributed by atoms with Gasteiger partial charge in [0.2, 0.25) is 0 Å². The van der Waals surface area contributed by atoms with Crippen molar-refractivity contribution in [3.63, 3.8) is 0 Å². The Bertz CT molecular complexity index is 1880. The number of nitrogens with zero attached hydrogens (tertiary/aromatic N) is 1. The largest absolute Gasteiger partial charge is 0.452 e. The first-order valence-electron chi connectivity index (χ1n) is 14.5. The van der Waals surface area contributed by atoms with Crippen molar-refractivity contribution in [2.24, 2.45) is 11.3 Å². The van der Waals surface area contributed by atoms with Crippen molar-refractivity contribution in [3.8, 4) is 0 Å². The summed E-state index contributed by atoms with van der Waals surface area (Å²) < 4.78 is 5.72. The third-order valence-corrected chi connectivity index (χ3v) is 8.50. The van der Waals surface area contributed by atoms with E-state index in [0.29, 0.717) is 28.2 Å². The number of esters is 1. The molecule has 1 atom stereocenters. The van der Waals surface area contributed by atoms with Gasteiger partial charge in [-0.05, 0) is 76.6 Å². The van der Waals surface area contributed by atoms with Crippen LogP contribution < -0.4 is 5.32 Å². The van der Waals surface area contributed by atoms with Crippen LogP contribution in [0.4, 0.5) is 5.69 Å². The highest BCUT2D eigenvalue weighted by molar-refractivity contribution is 6.30. The Labute approximate surface area is 256 Å². The number of fused-ring (bicyclic) bond motifs is 3. The number of carbonyl (C=O) groups excluding carboxylic acids is 2. The molecule has 0 saturated carbocycles. The van der Waals surface area contributed by atoms with Crippen LogP contribution in [-0.4, -0.2) is 23.5 Å². The fraction of sp³-hybridized carbons (Fsp3) is 0.216. The molecule has 0 fully saturated rings. The van der Waals surface area contributed by atoms with Crippen molar-refractivity contribution in [3.05, 3.63) is 118 Å². The Morgan fingerprint density at radius 1 is 0.907 bits per heavy atom. The first kappa shape index (κ1) is 28.6. The van der Waals surface area contributed by atoms with Crippen LogP contribution in [0.15, 0.2) is 91.0 Å². The van der Waals surface area contributed by atoms with Gasteiger partial charge in [0.15, 0.2) is 6.61 Å². The highest BCUT2D eigenvalue weighted by atomic mass is 35.5. The van der Waals surface area contributed by atoms with Crippen molar-refractivity contribution in [2.75, 3.05) is 11.9 Å². The Morgan fingerprint density at radius 2 is 1.60 bits per heavy atom. The van der Waals surface area contributed by atoms with Gasteiger partial charge >= 0.3 is 5.97 Å². The van der Waals surface area contributed by atoms with Gasteiger partial charge in [0.05, 0.1) is 16.8 Å². The molecule has 0 aliphatic heterocycles. The third-order valence-electron chi connectivity index (χ3n) is 8.25. The zero-order valence-electron chi connectivity index (χ0n) is 24.5. The van der Waals surface area contributed by atoms with Crippen LogP contribution in [0.2, 0.25) is 5.02 Å². The molecule has 0 saturated heterocycles. The van der Waals surface area contributed by atoms with E-state index in [-0.39, 0.29) is 11.3 Å². The fourth-order valence-corrected chi connectivity index (χ4v) is 5.98. The van der Waals surface area contributed by atoms with Crippen molar-refractivity contribution < 1.29 is 14.3 Å². The van der Waals surface area contributed by atoms with Crippen LogP contribution in [0.3, 0.4) is 0 Å². The number of halogens is 1. The minimum Gasteiger partial charge on any atom is -0.452 e. The summed E-state index contributed by atoms with van der Waals surface area (Å²) in [6, 6.07) is 28.9. The van der Waals surface area contributed by atoms with E-state index in [1.165, 1.54) is 0 Å². The van der Waals surface area contributed by atoms with Gasteiger partial charge in [-0.3, -0.25) is 4.79 Å². The van der Waals surface area contributed by atoms with Gasteiger partial charge in [0.1, 0.15) is 0 Å². The van der Waals surface area contributed by atoms with E-state index < -0.39 is 18.5 Å². The number of rotatable bonds is 5. The highest BCUT2D eigenvalue weighted by Gasteiger charge is 2.35. The molecule has 1 aromatic heterocycles. The maximum absolute atomic E-state index is 13.9. The van der Waals surface area contributed by atoms with Crippen LogP contribution in [-0.2, 0) is 16.0 Å². The van der Waals surface area contributed by atoms with Crippen LogP contribution in [0.5, 0.6) is 0 Å². The summed E-state index contributed by atoms with van der Waals surface area (Å²) in [5.41, 5.74) is 5.61. The average Bonchev–Trinajstić information content (AvgIpc) is 2.99. The summed E-state index contributed by atoms with van der Waals surface area (Å²) >= 11 is 6.15. The maximum atomic E-state index is 13.9. The number of pyridine rings is 1. The molecule has 1 heterocycles. The quantitative estimate of drug-likeness (QED) is 0.208. The number of ether oxygens (including phenoxy) is 1. The second kappa shape index (κ2) is 11.7. The molecule has 0 bridgehead atoms. The van der Waals surface area contributed by atoms with Crippen molar-refractivity contribution >= 4 is 62.5 Å². The minimum atomic E-state index is -0.525. The van der Waals surface area contributed by atoms with Crippen molar-refractivity contribution in [2.45, 2.75) is 33.6 Å². The molecule has 43 heavy (non-hydrogen) atoms. The lowest BCUT2D eigenvalue weighted by atomic mass is 9.69. The second-order valence-corrected chi connectivity index (χ2v) is 12.6. The summed E-state index contributed by atoms with van der Waals surface area (Å²) in [7, 11) is 0. The van der Waals surface area contributed by atoms with E-state index in [1.807, 2.05) is 91.0 Å². The predicted octanol–water partition coefficient (Wildman–Crippen LogP) is 8.99. The molecular weight excluding hydrogens is 556 g/mol. The lowest BCUT2D eigenvalue weighted by Crippen LogP contribution is -2.29. The first-order chi connectivity index (χ1) is 20.7. The summed E-state index contributed by atoms with van der Waals surface area (Å²) in [5, 5.41) is 6.25. The molecule has 6 heteroatoms. The minimum absolute atomic E-state index is 0.0120. The van der Waals surface area contributed by atoms with Gasteiger partial charge in [0.25, 0.3) is 5.91 Å². The second-order valence-electron chi connectivity index (χ2n) is 12.2. The fourth-order valence-electron chi connectivity index (χ4n) is 5.85. The Hall–Kier alpha value is -4.48. The summed E-state index contributed by atoms with van der Waals surface area (Å²) in [5.74, 6) is -0.654. The summed E-state index contributed by atoms with van der Waals surface area (Å²) in [6.07, 6.45) is 3.65. The molecule has 4 aromatic carbocycles. The lowest BCUT2D eigenvalue weighted by Gasteiger charge is -2.36.